The van der Waals surface area contributed by atoms with Crippen LogP contribution in [-0.2, 0) is 0 Å². The third-order valence-corrected chi connectivity index (χ3v) is 0. The van der Waals surface area contributed by atoms with Gasteiger partial charge in [-0.2, -0.15) is 9.90 Å². The van der Waals surface area contributed by atoms with Gasteiger partial charge < -0.3 is 17.0 Å². The van der Waals surface area contributed by atoms with Crippen molar-refractivity contribution in [2.45, 2.75) is 0 Å². The third kappa shape index (κ3) is 54.4. The Kier molecular flexibility index (Phi) is 143. The molecule has 0 amide bonds. The molecule has 3 nitrogen and oxygen atoms in total. The van der Waals surface area contributed by atoms with Crippen LogP contribution in [0.25, 0.3) is 0 Å². The van der Waals surface area contributed by atoms with Crippen molar-refractivity contribution in [1.82, 2.24) is 0 Å². The zero-order valence-corrected chi connectivity index (χ0v) is 7.09. The molecular weight excluding hydrogens is 113 g/mol. The van der Waals surface area contributed by atoms with Gasteiger partial charge in [-0.1, -0.05) is 0 Å². The summed E-state index contributed by atoms with van der Waals surface area (Å²) in [6, 6.07) is 0. The predicted octanol–water partition coefficient (Wildman–Crippen LogP) is -5.14. The van der Waals surface area contributed by atoms with Gasteiger partial charge in [-0.3, -0.25) is 0 Å². The first-order valence-corrected chi connectivity index (χ1v) is 0.516. The molecule has 4 N–H and O–H groups in total. The van der Waals surface area contributed by atoms with Gasteiger partial charge in [0.15, 0.2) is 0 Å². The largest absolute Gasteiger partial charge is 1.00 e. The summed E-state index contributed by atoms with van der Waals surface area (Å²) < 4.78 is 0. The van der Waals surface area contributed by atoms with Crippen LogP contribution in [0.5, 0.6) is 0 Å². The monoisotopic (exact) mass is 121 g/mol. The van der Waals surface area contributed by atoms with Crippen molar-refractivity contribution in [3.63, 3.8) is 0 Å². The summed E-state index contributed by atoms with van der Waals surface area (Å²) in [4.78, 5) is 0. The van der Waals surface area contributed by atoms with Crippen molar-refractivity contribution in [2.24, 2.45) is 0 Å². The third-order valence-electron chi connectivity index (χ3n) is 0. The van der Waals surface area contributed by atoms with Gasteiger partial charge in [0.25, 0.3) is 0 Å². The van der Waals surface area contributed by atoms with Gasteiger partial charge in [0.05, 0.1) is 0 Å². The minimum Gasteiger partial charge on any atom is -1.00 e. The average Bonchev–Trinajstić information content (AvgIpc) is 0.918. The first kappa shape index (κ1) is 26.3. The van der Waals surface area contributed by atoms with E-state index < -0.39 is 0 Å². The first-order chi connectivity index (χ1) is 1.41. The minimum absolute atomic E-state index is 0. The summed E-state index contributed by atoms with van der Waals surface area (Å²) >= 11 is 0. The molecule has 0 spiro atoms. The zero-order chi connectivity index (χ0) is 2.71. The summed E-state index contributed by atoms with van der Waals surface area (Å²) in [5.41, 5.74) is 0. The Morgan fingerprint density at radius 1 is 1.33 bits per heavy atom. The van der Waals surface area contributed by atoms with Crippen LogP contribution in [0.2, 0.25) is 0 Å². The maximum absolute atomic E-state index is 7.00. The molecule has 0 heterocycles. The van der Waals surface area contributed by atoms with E-state index in [-0.39, 0.29) is 54.0 Å². The Balaban J connectivity index is -0.00000000333. The molecule has 0 aliphatic heterocycles. The Labute approximate surface area is 64.1 Å². The molecule has 6 heteroatoms. The second-order valence-electron chi connectivity index (χ2n) is 0.115. The average molecular weight is 121 g/mol. The van der Waals surface area contributed by atoms with E-state index in [4.69, 9.17) is 10.0 Å². The summed E-state index contributed by atoms with van der Waals surface area (Å²) in [6.07, 6.45) is 0. The number of rotatable bonds is 0. The molecule has 1 atom stereocenters. The van der Waals surface area contributed by atoms with E-state index in [0.29, 0.717) is 0 Å². The summed E-state index contributed by atoms with van der Waals surface area (Å²) in [5.74, 6) is 0. The smallest absolute Gasteiger partial charge is 1.00 e. The molecule has 1 radical (unpaired) electrons. The van der Waals surface area contributed by atoms with Crippen LogP contribution in [-0.4, -0.2) is 23.2 Å². The molecule has 0 saturated carbocycles. The maximum atomic E-state index is 7.00. The van der Waals surface area contributed by atoms with Crippen LogP contribution in [0.15, 0.2) is 0 Å². The van der Waals surface area contributed by atoms with E-state index in [1.54, 1.807) is 0 Å². The van der Waals surface area contributed by atoms with Crippen LogP contribution in [0.4, 0.5) is 0 Å². The van der Waals surface area contributed by atoms with Crippen molar-refractivity contribution in [3.8, 4) is 0 Å². The molecular formula is H8BNaO3P. The minimum atomic E-state index is 0. The molecule has 0 fully saturated rings. The fourth-order valence-corrected chi connectivity index (χ4v) is 0. The Morgan fingerprint density at radius 2 is 1.33 bits per heavy atom. The van der Waals surface area contributed by atoms with Gasteiger partial charge in [-0.15, -0.1) is 0 Å². The van der Waals surface area contributed by atoms with Gasteiger partial charge in [-0.05, 0) is 0 Å². The summed E-state index contributed by atoms with van der Waals surface area (Å²) in [6.45, 7) is 0. The van der Waals surface area contributed by atoms with E-state index in [1.807, 2.05) is 0 Å². The van der Waals surface area contributed by atoms with E-state index in [9.17, 15) is 0 Å². The Bertz CT molecular complexity index is 14.9. The molecule has 0 aromatic carbocycles. The van der Waals surface area contributed by atoms with Crippen molar-refractivity contribution in [3.05, 3.63) is 0 Å². The van der Waals surface area contributed by atoms with Crippen molar-refractivity contribution in [1.29, 1.82) is 0 Å². The number of hydrogen-bond donors (Lipinski definition) is 2. The number of hydrogen-bond acceptors (Lipinski definition) is 2. The molecule has 0 rings (SSSR count). The molecule has 0 aliphatic carbocycles. The van der Waals surface area contributed by atoms with Crippen LogP contribution in [0.3, 0.4) is 0 Å². The first-order valence-electron chi connectivity index (χ1n) is 0.516. The summed E-state index contributed by atoms with van der Waals surface area (Å²) in [7, 11) is 0. The normalized spacial score (nSPS) is 2.33. The van der Waals surface area contributed by atoms with Gasteiger partial charge >= 0.3 is 37.2 Å². The van der Waals surface area contributed by atoms with Crippen LogP contribution >= 0.6 is 9.90 Å². The summed E-state index contributed by atoms with van der Waals surface area (Å²) in [5, 5.41) is 14.0. The molecule has 0 aliphatic rings. The quantitative estimate of drug-likeness (QED) is 0.248. The topological polar surface area (TPSA) is 72.0 Å². The van der Waals surface area contributed by atoms with Gasteiger partial charge in [0, 0.05) is 0 Å². The molecule has 0 aromatic rings. The van der Waals surface area contributed by atoms with Crippen molar-refractivity contribution >= 4 is 17.6 Å². The van der Waals surface area contributed by atoms with Crippen molar-refractivity contribution in [2.75, 3.05) is 0 Å². The molecule has 0 aromatic heterocycles. The molecule has 6 heavy (non-hydrogen) atoms. The fourth-order valence-electron chi connectivity index (χ4n) is 0. The second-order valence-corrected chi connectivity index (χ2v) is 0.115. The SMILES string of the molecule is O.O[B]O.P.[H-].[Na+]. The van der Waals surface area contributed by atoms with E-state index >= 15 is 0 Å². The van der Waals surface area contributed by atoms with Crippen molar-refractivity contribution < 1.29 is 46.5 Å². The van der Waals surface area contributed by atoms with Gasteiger partial charge in [0.2, 0.25) is 0 Å². The Hall–Kier alpha value is 1.37. The molecule has 35 valence electrons. The maximum Gasteiger partial charge on any atom is 1.00 e. The van der Waals surface area contributed by atoms with Gasteiger partial charge in [0.1, 0.15) is 0 Å². The van der Waals surface area contributed by atoms with Crippen LogP contribution < -0.4 is 29.6 Å². The fraction of sp³-hybridized carbons (Fsp3) is 0. The van der Waals surface area contributed by atoms with Gasteiger partial charge in [-0.25, -0.2) is 0 Å². The molecule has 1 unspecified atom stereocenters. The molecule has 0 bridgehead atoms. The van der Waals surface area contributed by atoms with Crippen LogP contribution in [0.1, 0.15) is 1.43 Å². The standard InChI is InChI=1S/BH2O2.Na.H2O.H3P.H/c2-1-3;;;;/h2-3H;;1H2;1H3;/q;+1;;;-1. The predicted molar refractivity (Wildman–Crippen MR) is 26.0 cm³/mol. The zero-order valence-electron chi connectivity index (χ0n) is 4.68. The van der Waals surface area contributed by atoms with E-state index in [2.05, 4.69) is 0 Å². The second kappa shape index (κ2) is 32.7. The van der Waals surface area contributed by atoms with Crippen LogP contribution in [0, 0.1) is 0 Å². The Morgan fingerprint density at radius 3 is 1.33 bits per heavy atom. The molecule has 0 saturated heterocycles. The van der Waals surface area contributed by atoms with E-state index in [1.165, 1.54) is 0 Å². The van der Waals surface area contributed by atoms with E-state index in [0.717, 1.165) is 0 Å².